The van der Waals surface area contributed by atoms with Gasteiger partial charge >= 0.3 is 0 Å². The van der Waals surface area contributed by atoms with Crippen molar-refractivity contribution >= 4 is 5.69 Å². The minimum absolute atomic E-state index is 0.729. The highest BCUT2D eigenvalue weighted by molar-refractivity contribution is 5.41. The van der Waals surface area contributed by atoms with Crippen LogP contribution in [0.25, 0.3) is 0 Å². The van der Waals surface area contributed by atoms with Crippen molar-refractivity contribution in [2.75, 3.05) is 12.0 Å². The molecule has 0 aromatic heterocycles. The zero-order chi connectivity index (χ0) is 16.5. The second-order valence-corrected chi connectivity index (χ2v) is 6.68. The predicted octanol–water partition coefficient (Wildman–Crippen LogP) is 4.90. The van der Waals surface area contributed by atoms with Crippen LogP contribution < -0.4 is 10.9 Å². The van der Waals surface area contributed by atoms with Crippen LogP contribution in [0, 0.1) is 5.92 Å². The number of hydrazine groups is 1. The fraction of sp³-hybridized carbons (Fsp3) is 0.429. The minimum Gasteiger partial charge on any atom is -0.376 e. The summed E-state index contributed by atoms with van der Waals surface area (Å²) in [5.41, 5.74) is 10.0. The van der Waals surface area contributed by atoms with Gasteiger partial charge in [0.05, 0.1) is 6.61 Å². The summed E-state index contributed by atoms with van der Waals surface area (Å²) in [4.78, 5) is 0. The number of nitrogens with one attached hydrogen (secondary N) is 2. The summed E-state index contributed by atoms with van der Waals surface area (Å²) >= 11 is 0. The zero-order valence-corrected chi connectivity index (χ0v) is 14.3. The molecule has 0 amide bonds. The van der Waals surface area contributed by atoms with Crippen LogP contribution in [-0.2, 0) is 17.9 Å². The van der Waals surface area contributed by atoms with Gasteiger partial charge in [-0.2, -0.15) is 0 Å². The predicted molar refractivity (Wildman–Crippen MR) is 99.6 cm³/mol. The molecule has 3 nitrogen and oxygen atoms in total. The van der Waals surface area contributed by atoms with Gasteiger partial charge in [0.25, 0.3) is 0 Å². The largest absolute Gasteiger partial charge is 0.376 e. The third kappa shape index (κ3) is 5.66. The van der Waals surface area contributed by atoms with Gasteiger partial charge in [0.1, 0.15) is 0 Å². The van der Waals surface area contributed by atoms with E-state index in [0.717, 1.165) is 31.4 Å². The molecule has 0 spiro atoms. The number of para-hydroxylation sites is 1. The van der Waals surface area contributed by atoms with E-state index in [2.05, 4.69) is 35.1 Å². The van der Waals surface area contributed by atoms with E-state index in [0.29, 0.717) is 0 Å². The first kappa shape index (κ1) is 17.0. The van der Waals surface area contributed by atoms with E-state index in [1.807, 2.05) is 30.3 Å². The topological polar surface area (TPSA) is 33.3 Å². The lowest BCUT2D eigenvalue weighted by molar-refractivity contribution is 0.0739. The second-order valence-electron chi connectivity index (χ2n) is 6.68. The molecule has 3 rings (SSSR count). The van der Waals surface area contributed by atoms with Crippen LogP contribution in [-0.4, -0.2) is 6.61 Å². The van der Waals surface area contributed by atoms with Crippen LogP contribution in [0.5, 0.6) is 0 Å². The molecule has 1 fully saturated rings. The molecule has 1 aliphatic rings. The molecule has 3 heteroatoms. The maximum absolute atomic E-state index is 5.91. The van der Waals surface area contributed by atoms with Gasteiger partial charge in [-0.1, -0.05) is 61.7 Å². The standard InChI is InChI=1S/C21H28N2O/c1-3-7-19(8-4-1)16-24-17-20-13-11-18(12-14-20)15-22-23-21-9-5-2-6-10-21/h2,5-6,9-14,19,22-23H,1,3-4,7-8,15-17H2. The molecule has 1 aliphatic carbocycles. The molecule has 2 aromatic rings. The zero-order valence-electron chi connectivity index (χ0n) is 14.3. The molecule has 1 saturated carbocycles. The van der Waals surface area contributed by atoms with E-state index in [9.17, 15) is 0 Å². The average molecular weight is 324 g/mol. The normalized spacial score (nSPS) is 15.3. The van der Waals surface area contributed by atoms with Crippen molar-refractivity contribution in [2.45, 2.75) is 45.3 Å². The quantitative estimate of drug-likeness (QED) is 0.678. The van der Waals surface area contributed by atoms with Crippen molar-refractivity contribution < 1.29 is 4.74 Å². The molecule has 128 valence electrons. The maximum Gasteiger partial charge on any atom is 0.0717 e. The number of hydrogen-bond donors (Lipinski definition) is 2. The Labute approximate surface area is 145 Å². The highest BCUT2D eigenvalue weighted by Crippen LogP contribution is 2.24. The number of hydrogen-bond acceptors (Lipinski definition) is 3. The van der Waals surface area contributed by atoms with E-state index in [1.165, 1.54) is 43.2 Å². The van der Waals surface area contributed by atoms with Crippen LogP contribution in [0.15, 0.2) is 54.6 Å². The Morgan fingerprint density at radius 1 is 0.833 bits per heavy atom. The van der Waals surface area contributed by atoms with Gasteiger partial charge < -0.3 is 10.2 Å². The first-order chi connectivity index (χ1) is 11.9. The van der Waals surface area contributed by atoms with Crippen LogP contribution >= 0.6 is 0 Å². The summed E-state index contributed by atoms with van der Waals surface area (Å²) < 4.78 is 5.91. The molecule has 2 N–H and O–H groups in total. The summed E-state index contributed by atoms with van der Waals surface area (Å²) in [6.07, 6.45) is 6.86. The van der Waals surface area contributed by atoms with Gasteiger partial charge in [0, 0.05) is 18.8 Å². The maximum atomic E-state index is 5.91. The SMILES string of the molecule is c1ccc(NNCc2ccc(COCC3CCCCC3)cc2)cc1. The molecule has 24 heavy (non-hydrogen) atoms. The molecular weight excluding hydrogens is 296 g/mol. The van der Waals surface area contributed by atoms with Crippen LogP contribution in [0.2, 0.25) is 0 Å². The number of rotatable bonds is 8. The Kier molecular flexibility index (Phi) is 6.70. The average Bonchev–Trinajstić information content (AvgIpc) is 2.65. The summed E-state index contributed by atoms with van der Waals surface area (Å²) in [6, 6.07) is 18.8. The van der Waals surface area contributed by atoms with E-state index in [1.54, 1.807) is 0 Å². The van der Waals surface area contributed by atoms with E-state index < -0.39 is 0 Å². The van der Waals surface area contributed by atoms with Crippen LogP contribution in [0.4, 0.5) is 5.69 Å². The molecule has 0 atom stereocenters. The van der Waals surface area contributed by atoms with Gasteiger partial charge in [-0.05, 0) is 42.0 Å². The van der Waals surface area contributed by atoms with Crippen molar-refractivity contribution in [2.24, 2.45) is 5.92 Å². The van der Waals surface area contributed by atoms with Gasteiger partial charge in [0.2, 0.25) is 0 Å². The van der Waals surface area contributed by atoms with Crippen molar-refractivity contribution in [3.63, 3.8) is 0 Å². The van der Waals surface area contributed by atoms with Gasteiger partial charge in [-0.15, -0.1) is 0 Å². The van der Waals surface area contributed by atoms with E-state index in [-0.39, 0.29) is 0 Å². The fourth-order valence-electron chi connectivity index (χ4n) is 3.22. The Balaban J connectivity index is 1.35. The molecule has 0 aliphatic heterocycles. The lowest BCUT2D eigenvalue weighted by atomic mass is 9.90. The lowest BCUT2D eigenvalue weighted by Crippen LogP contribution is -2.20. The lowest BCUT2D eigenvalue weighted by Gasteiger charge is -2.21. The highest BCUT2D eigenvalue weighted by atomic mass is 16.5. The van der Waals surface area contributed by atoms with Gasteiger partial charge in [0.15, 0.2) is 0 Å². The Bertz CT molecular complexity index is 577. The molecular formula is C21H28N2O. The van der Waals surface area contributed by atoms with E-state index in [4.69, 9.17) is 4.74 Å². The molecule has 0 bridgehead atoms. The molecule has 0 heterocycles. The van der Waals surface area contributed by atoms with Crippen molar-refractivity contribution in [3.05, 3.63) is 65.7 Å². The Morgan fingerprint density at radius 3 is 2.29 bits per heavy atom. The summed E-state index contributed by atoms with van der Waals surface area (Å²) in [7, 11) is 0. The number of benzene rings is 2. The number of ether oxygens (including phenoxy) is 1. The van der Waals surface area contributed by atoms with Crippen LogP contribution in [0.1, 0.15) is 43.2 Å². The highest BCUT2D eigenvalue weighted by Gasteiger charge is 2.13. The fourth-order valence-corrected chi connectivity index (χ4v) is 3.22. The molecule has 2 aromatic carbocycles. The summed E-state index contributed by atoms with van der Waals surface area (Å²) in [5.74, 6) is 0.784. The van der Waals surface area contributed by atoms with Crippen molar-refractivity contribution in [1.82, 2.24) is 5.43 Å². The summed E-state index contributed by atoms with van der Waals surface area (Å²) in [5, 5.41) is 0. The molecule has 0 radical (unpaired) electrons. The second kappa shape index (κ2) is 9.45. The Hall–Kier alpha value is -1.84. The first-order valence-electron chi connectivity index (χ1n) is 9.09. The van der Waals surface area contributed by atoms with Gasteiger partial charge in [-0.3, -0.25) is 0 Å². The number of anilines is 1. The molecule has 0 saturated heterocycles. The van der Waals surface area contributed by atoms with Crippen LogP contribution in [0.3, 0.4) is 0 Å². The Morgan fingerprint density at radius 2 is 1.54 bits per heavy atom. The van der Waals surface area contributed by atoms with E-state index >= 15 is 0 Å². The minimum atomic E-state index is 0.729. The summed E-state index contributed by atoms with van der Waals surface area (Å²) in [6.45, 7) is 2.44. The van der Waals surface area contributed by atoms with Gasteiger partial charge in [-0.25, -0.2) is 5.43 Å². The monoisotopic (exact) mass is 324 g/mol. The third-order valence-corrected chi connectivity index (χ3v) is 4.67. The first-order valence-corrected chi connectivity index (χ1v) is 9.09. The van der Waals surface area contributed by atoms with Crippen molar-refractivity contribution in [1.29, 1.82) is 0 Å². The molecule has 0 unspecified atom stereocenters. The van der Waals surface area contributed by atoms with Crippen molar-refractivity contribution in [3.8, 4) is 0 Å². The third-order valence-electron chi connectivity index (χ3n) is 4.67. The smallest absolute Gasteiger partial charge is 0.0717 e.